The maximum atomic E-state index is 13.5. The van der Waals surface area contributed by atoms with Gasteiger partial charge in [-0.3, -0.25) is 4.79 Å². The van der Waals surface area contributed by atoms with Crippen molar-refractivity contribution in [1.29, 1.82) is 0 Å². The lowest BCUT2D eigenvalue weighted by molar-refractivity contribution is 0.0956. The number of methoxy groups -OCH3 is 1. The largest absolute Gasteiger partial charge is 0.497 e. The fourth-order valence-corrected chi connectivity index (χ4v) is 6.61. The first-order valence-corrected chi connectivity index (χ1v) is 13.7. The van der Waals surface area contributed by atoms with Gasteiger partial charge in [0.2, 0.25) is 0 Å². The Morgan fingerprint density at radius 1 is 1.03 bits per heavy atom. The number of aryl methyl sites for hydroxylation is 2. The van der Waals surface area contributed by atoms with Gasteiger partial charge in [-0.1, -0.05) is 30.3 Å². The number of hydrogen-bond acceptors (Lipinski definition) is 4. The highest BCUT2D eigenvalue weighted by Gasteiger charge is 2.24. The number of H-pyrrole nitrogens is 1. The number of carbonyl (C=O) groups excluding carboxylic acids is 1. The summed E-state index contributed by atoms with van der Waals surface area (Å²) in [7, 11) is 5.79. The number of anilines is 1. The number of thiophene rings is 1. The molecular formula is C32H31N3O2S. The van der Waals surface area contributed by atoms with Crippen molar-refractivity contribution in [3.8, 4) is 16.2 Å². The fraction of sp³-hybridized carbons (Fsp3) is 0.219. The molecule has 2 N–H and O–H groups in total. The minimum absolute atomic E-state index is 0.0192. The van der Waals surface area contributed by atoms with Crippen LogP contribution in [0.1, 0.15) is 37.8 Å². The lowest BCUT2D eigenvalue weighted by Gasteiger charge is -2.20. The molecule has 2 aromatic heterocycles. The Kier molecular flexibility index (Phi) is 6.42. The van der Waals surface area contributed by atoms with Crippen LogP contribution in [0, 0.1) is 0 Å². The van der Waals surface area contributed by atoms with Gasteiger partial charge in [0.25, 0.3) is 5.91 Å². The molecule has 0 bridgehead atoms. The molecule has 2 heterocycles. The Hall–Kier alpha value is -4.03. The van der Waals surface area contributed by atoms with Crippen molar-refractivity contribution < 1.29 is 9.53 Å². The summed E-state index contributed by atoms with van der Waals surface area (Å²) in [6.45, 7) is 0.512. The molecule has 1 amide bonds. The lowest BCUT2D eigenvalue weighted by Crippen LogP contribution is -2.28. The molecule has 1 aliphatic rings. The van der Waals surface area contributed by atoms with Crippen molar-refractivity contribution >= 4 is 33.8 Å². The monoisotopic (exact) mass is 521 g/mol. The zero-order chi connectivity index (χ0) is 26.2. The maximum absolute atomic E-state index is 13.5. The molecule has 0 radical (unpaired) electrons. The molecular weight excluding hydrogens is 490 g/mol. The van der Waals surface area contributed by atoms with Crippen LogP contribution in [-0.2, 0) is 12.8 Å². The number of aromatic nitrogens is 1. The fourth-order valence-electron chi connectivity index (χ4n) is 5.43. The van der Waals surface area contributed by atoms with Gasteiger partial charge >= 0.3 is 0 Å². The molecule has 0 fully saturated rings. The topological polar surface area (TPSA) is 57.4 Å². The molecule has 0 aliphatic heterocycles. The Morgan fingerprint density at radius 3 is 2.61 bits per heavy atom. The third-order valence-electron chi connectivity index (χ3n) is 7.53. The first kappa shape index (κ1) is 24.3. The van der Waals surface area contributed by atoms with E-state index in [9.17, 15) is 4.79 Å². The number of amides is 1. The number of benzene rings is 3. The van der Waals surface area contributed by atoms with Crippen molar-refractivity contribution in [1.82, 2.24) is 10.3 Å². The standard InChI is InChI=1S/C32H31N3O2S/c1-35(2)23-12-10-20(11-13-23)27(28-19-33-29-7-5-4-6-26(28)29)18-34-32(36)30-17-22-9-8-21-16-24(37-3)14-15-25(21)31(22)38-30/h4-7,10-17,19,27,33H,8-9,18H2,1-3H3,(H,34,36). The van der Waals surface area contributed by atoms with Crippen molar-refractivity contribution in [2.24, 2.45) is 0 Å². The third kappa shape index (κ3) is 4.45. The number of fused-ring (bicyclic) bond motifs is 4. The summed E-state index contributed by atoms with van der Waals surface area (Å²) < 4.78 is 5.41. The molecule has 0 spiro atoms. The van der Waals surface area contributed by atoms with E-state index in [1.54, 1.807) is 18.4 Å². The van der Waals surface area contributed by atoms with Gasteiger partial charge in [-0.25, -0.2) is 0 Å². The lowest BCUT2D eigenvalue weighted by atomic mass is 9.90. The summed E-state index contributed by atoms with van der Waals surface area (Å²) in [6.07, 6.45) is 3.98. The van der Waals surface area contributed by atoms with E-state index in [1.807, 2.05) is 26.2 Å². The van der Waals surface area contributed by atoms with Crippen LogP contribution in [0.15, 0.2) is 79.0 Å². The molecule has 0 saturated carbocycles. The van der Waals surface area contributed by atoms with Crippen molar-refractivity contribution in [2.45, 2.75) is 18.8 Å². The molecule has 0 saturated heterocycles. The van der Waals surface area contributed by atoms with Crippen molar-refractivity contribution in [2.75, 3.05) is 32.6 Å². The third-order valence-corrected chi connectivity index (χ3v) is 8.74. The average molecular weight is 522 g/mol. The quantitative estimate of drug-likeness (QED) is 0.253. The SMILES string of the molecule is COc1ccc2c(c1)CCc1cc(C(=O)NCC(c3ccc(N(C)C)cc3)c3c[nH]c4ccccc34)sc1-2. The summed E-state index contributed by atoms with van der Waals surface area (Å²) in [5.41, 5.74) is 8.37. The van der Waals surface area contributed by atoms with Crippen LogP contribution in [-0.4, -0.2) is 38.6 Å². The van der Waals surface area contributed by atoms with Gasteiger partial charge in [0, 0.05) is 54.2 Å². The van der Waals surface area contributed by atoms with Gasteiger partial charge in [0.15, 0.2) is 0 Å². The molecule has 6 rings (SSSR count). The van der Waals surface area contributed by atoms with Gasteiger partial charge in [0.1, 0.15) is 5.75 Å². The summed E-state index contributed by atoms with van der Waals surface area (Å²) in [4.78, 5) is 20.9. The zero-order valence-electron chi connectivity index (χ0n) is 21.9. The molecule has 3 aromatic carbocycles. The van der Waals surface area contributed by atoms with Gasteiger partial charge < -0.3 is 19.9 Å². The van der Waals surface area contributed by atoms with Crippen molar-refractivity contribution in [3.63, 3.8) is 0 Å². The van der Waals surface area contributed by atoms with Crippen LogP contribution in [0.3, 0.4) is 0 Å². The number of rotatable bonds is 7. The maximum Gasteiger partial charge on any atom is 0.261 e. The number of aromatic amines is 1. The van der Waals surface area contributed by atoms with Gasteiger partial charge in [-0.2, -0.15) is 0 Å². The van der Waals surface area contributed by atoms with Crippen LogP contribution >= 0.6 is 11.3 Å². The first-order chi connectivity index (χ1) is 18.5. The van der Waals surface area contributed by atoms with E-state index in [0.717, 1.165) is 34.7 Å². The molecule has 6 heteroatoms. The number of nitrogens with zero attached hydrogens (tertiary/aromatic N) is 1. The summed E-state index contributed by atoms with van der Waals surface area (Å²) in [6, 6.07) is 25.3. The number of hydrogen-bond donors (Lipinski definition) is 2. The second-order valence-corrected chi connectivity index (χ2v) is 11.1. The molecule has 1 aliphatic carbocycles. The van der Waals surface area contributed by atoms with E-state index in [0.29, 0.717) is 6.54 Å². The van der Waals surface area contributed by atoms with Crippen molar-refractivity contribution in [3.05, 3.63) is 106 Å². The smallest absolute Gasteiger partial charge is 0.261 e. The molecule has 5 nitrogen and oxygen atoms in total. The summed E-state index contributed by atoms with van der Waals surface area (Å²) in [5, 5.41) is 4.45. The van der Waals surface area contributed by atoms with Gasteiger partial charge in [0.05, 0.1) is 12.0 Å². The second-order valence-electron chi connectivity index (χ2n) is 10.0. The Bertz CT molecular complexity index is 1610. The zero-order valence-corrected chi connectivity index (χ0v) is 22.7. The highest BCUT2D eigenvalue weighted by Crippen LogP contribution is 2.41. The van der Waals surface area contributed by atoms with Crippen LogP contribution in [0.5, 0.6) is 5.75 Å². The number of para-hydroxylation sites is 1. The van der Waals surface area contributed by atoms with E-state index in [2.05, 4.69) is 82.1 Å². The van der Waals surface area contributed by atoms with Gasteiger partial charge in [-0.05, 0) is 83.1 Å². The summed E-state index contributed by atoms with van der Waals surface area (Å²) in [5.74, 6) is 0.881. The predicted octanol–water partition coefficient (Wildman–Crippen LogP) is 6.63. The number of nitrogens with one attached hydrogen (secondary N) is 2. The average Bonchev–Trinajstić information content (AvgIpc) is 3.58. The van der Waals surface area contributed by atoms with E-state index in [1.165, 1.54) is 38.1 Å². The van der Waals surface area contributed by atoms with Crippen LogP contribution in [0.4, 0.5) is 5.69 Å². The normalized spacial score (nSPS) is 13.0. The Balaban J connectivity index is 1.28. The minimum Gasteiger partial charge on any atom is -0.497 e. The Morgan fingerprint density at radius 2 is 1.82 bits per heavy atom. The molecule has 1 atom stereocenters. The van der Waals surface area contributed by atoms with Gasteiger partial charge in [-0.15, -0.1) is 11.3 Å². The van der Waals surface area contributed by atoms with E-state index in [4.69, 9.17) is 4.74 Å². The molecule has 5 aromatic rings. The predicted molar refractivity (Wildman–Crippen MR) is 157 cm³/mol. The minimum atomic E-state index is -0.0192. The highest BCUT2D eigenvalue weighted by atomic mass is 32.1. The number of ether oxygens (including phenoxy) is 1. The highest BCUT2D eigenvalue weighted by molar-refractivity contribution is 7.17. The second kappa shape index (κ2) is 10.0. The molecule has 192 valence electrons. The van der Waals surface area contributed by atoms with E-state index in [-0.39, 0.29) is 11.8 Å². The van der Waals surface area contributed by atoms with E-state index >= 15 is 0 Å². The van der Waals surface area contributed by atoms with Crippen LogP contribution in [0.25, 0.3) is 21.3 Å². The first-order valence-electron chi connectivity index (χ1n) is 12.9. The molecule has 1 unspecified atom stereocenters. The van der Waals surface area contributed by atoms with E-state index < -0.39 is 0 Å². The number of carbonyl (C=O) groups is 1. The van der Waals surface area contributed by atoms with Crippen LogP contribution < -0.4 is 15.0 Å². The summed E-state index contributed by atoms with van der Waals surface area (Å²) >= 11 is 1.59. The van der Waals surface area contributed by atoms with Crippen LogP contribution in [0.2, 0.25) is 0 Å². The Labute approximate surface area is 227 Å². The molecule has 38 heavy (non-hydrogen) atoms.